The van der Waals surface area contributed by atoms with Gasteiger partial charge in [0.05, 0.1) is 0 Å². The highest BCUT2D eigenvalue weighted by Gasteiger charge is 2.37. The molecule has 1 aromatic carbocycles. The second-order valence-corrected chi connectivity index (χ2v) is 6.12. The molecule has 1 heterocycles. The topological polar surface area (TPSA) is 49.3 Å². The van der Waals surface area contributed by atoms with Crippen LogP contribution in [0.4, 0.5) is 5.69 Å². The van der Waals surface area contributed by atoms with Gasteiger partial charge in [0.25, 0.3) is 5.91 Å². The van der Waals surface area contributed by atoms with Gasteiger partial charge in [-0.3, -0.25) is 4.79 Å². The summed E-state index contributed by atoms with van der Waals surface area (Å²) in [5.41, 5.74) is 1.90. The number of carbonyl (C=O) groups is 1. The molecule has 2 N–H and O–H groups in total. The van der Waals surface area contributed by atoms with Crippen LogP contribution < -0.4 is 5.32 Å². The Labute approximate surface area is 112 Å². The van der Waals surface area contributed by atoms with Gasteiger partial charge in [0.1, 0.15) is 5.60 Å². The molecule has 0 aromatic heterocycles. The van der Waals surface area contributed by atoms with Crippen molar-refractivity contribution in [3.8, 4) is 0 Å². The molecule has 98 valence electrons. The van der Waals surface area contributed by atoms with Crippen molar-refractivity contribution in [2.75, 3.05) is 16.8 Å². The fraction of sp³-hybridized carbons (Fsp3) is 0.500. The van der Waals surface area contributed by atoms with Gasteiger partial charge in [-0.05, 0) is 61.5 Å². The second kappa shape index (κ2) is 5.33. The molecule has 1 aromatic rings. The summed E-state index contributed by atoms with van der Waals surface area (Å²) < 4.78 is 0. The Morgan fingerprint density at radius 2 is 1.94 bits per heavy atom. The summed E-state index contributed by atoms with van der Waals surface area (Å²) in [6.45, 7) is 4.05. The molecule has 1 fully saturated rings. The van der Waals surface area contributed by atoms with Crippen LogP contribution >= 0.6 is 11.8 Å². The van der Waals surface area contributed by atoms with Crippen LogP contribution in [0.2, 0.25) is 0 Å². The molecule has 1 amide bonds. The number of aliphatic hydroxyl groups is 1. The summed E-state index contributed by atoms with van der Waals surface area (Å²) in [4.78, 5) is 12.1. The Balaban J connectivity index is 2.08. The van der Waals surface area contributed by atoms with Crippen molar-refractivity contribution < 1.29 is 9.90 Å². The molecule has 0 bridgehead atoms. The van der Waals surface area contributed by atoms with E-state index in [1.54, 1.807) is 11.8 Å². The van der Waals surface area contributed by atoms with E-state index in [-0.39, 0.29) is 5.91 Å². The van der Waals surface area contributed by atoms with Gasteiger partial charge in [0, 0.05) is 5.69 Å². The van der Waals surface area contributed by atoms with Crippen LogP contribution in [0.3, 0.4) is 0 Å². The minimum absolute atomic E-state index is 0.272. The fourth-order valence-electron chi connectivity index (χ4n) is 2.00. The Kier molecular flexibility index (Phi) is 3.97. The van der Waals surface area contributed by atoms with Crippen LogP contribution in [0.5, 0.6) is 0 Å². The minimum Gasteiger partial charge on any atom is -0.380 e. The van der Waals surface area contributed by atoms with E-state index < -0.39 is 5.60 Å². The number of nitrogens with one attached hydrogen (secondary N) is 1. The summed E-state index contributed by atoms with van der Waals surface area (Å²) in [7, 11) is 0. The van der Waals surface area contributed by atoms with Crippen molar-refractivity contribution in [3.05, 3.63) is 29.3 Å². The molecule has 1 saturated heterocycles. The highest BCUT2D eigenvalue weighted by Crippen LogP contribution is 2.28. The molecule has 18 heavy (non-hydrogen) atoms. The number of anilines is 1. The van der Waals surface area contributed by atoms with Gasteiger partial charge < -0.3 is 10.4 Å². The first-order valence-corrected chi connectivity index (χ1v) is 7.35. The molecular weight excluding hydrogens is 246 g/mol. The van der Waals surface area contributed by atoms with Gasteiger partial charge >= 0.3 is 0 Å². The Morgan fingerprint density at radius 3 is 2.56 bits per heavy atom. The Bertz CT molecular complexity index is 453. The summed E-state index contributed by atoms with van der Waals surface area (Å²) >= 11 is 1.79. The SMILES string of the molecule is Cc1ccc(NC(=O)C2(O)CCSCC2)cc1C. The Hall–Kier alpha value is -1.00. The number of thioether (sulfide) groups is 1. The van der Waals surface area contributed by atoms with Crippen molar-refractivity contribution in [1.82, 2.24) is 0 Å². The summed E-state index contributed by atoms with van der Waals surface area (Å²) in [5, 5.41) is 13.1. The normalized spacial score (nSPS) is 18.4. The first kappa shape index (κ1) is 13.4. The van der Waals surface area contributed by atoms with Crippen molar-refractivity contribution in [2.45, 2.75) is 32.3 Å². The number of aryl methyl sites for hydroxylation is 2. The van der Waals surface area contributed by atoms with Crippen LogP contribution in [0, 0.1) is 13.8 Å². The zero-order valence-corrected chi connectivity index (χ0v) is 11.6. The number of hydrogen-bond acceptors (Lipinski definition) is 3. The van der Waals surface area contributed by atoms with Crippen molar-refractivity contribution >= 4 is 23.4 Å². The van der Waals surface area contributed by atoms with E-state index in [1.165, 1.54) is 5.56 Å². The van der Waals surface area contributed by atoms with E-state index in [1.807, 2.05) is 32.0 Å². The zero-order chi connectivity index (χ0) is 13.2. The molecule has 4 heteroatoms. The summed E-state index contributed by atoms with van der Waals surface area (Å²) in [5.74, 6) is 1.42. The van der Waals surface area contributed by atoms with Crippen LogP contribution in [0.1, 0.15) is 24.0 Å². The predicted molar refractivity (Wildman–Crippen MR) is 76.1 cm³/mol. The lowest BCUT2D eigenvalue weighted by molar-refractivity contribution is -0.134. The third-order valence-corrected chi connectivity index (χ3v) is 4.49. The highest BCUT2D eigenvalue weighted by atomic mass is 32.2. The smallest absolute Gasteiger partial charge is 0.256 e. The van der Waals surface area contributed by atoms with E-state index in [0.717, 1.165) is 22.8 Å². The van der Waals surface area contributed by atoms with Crippen molar-refractivity contribution in [1.29, 1.82) is 0 Å². The molecule has 0 aliphatic carbocycles. The van der Waals surface area contributed by atoms with Gasteiger partial charge in [0.2, 0.25) is 0 Å². The average Bonchev–Trinajstić information content (AvgIpc) is 2.35. The maximum Gasteiger partial charge on any atom is 0.256 e. The maximum atomic E-state index is 12.1. The second-order valence-electron chi connectivity index (χ2n) is 4.90. The lowest BCUT2D eigenvalue weighted by atomic mass is 9.95. The third kappa shape index (κ3) is 2.87. The first-order valence-electron chi connectivity index (χ1n) is 6.20. The molecule has 0 unspecified atom stereocenters. The summed E-state index contributed by atoms with van der Waals surface area (Å²) in [6.07, 6.45) is 1.07. The van der Waals surface area contributed by atoms with E-state index >= 15 is 0 Å². The lowest BCUT2D eigenvalue weighted by Crippen LogP contribution is -2.45. The number of rotatable bonds is 2. The molecule has 0 atom stereocenters. The average molecular weight is 265 g/mol. The number of benzene rings is 1. The number of amides is 1. The molecule has 0 saturated carbocycles. The first-order chi connectivity index (χ1) is 8.51. The predicted octanol–water partition coefficient (Wildman–Crippen LogP) is 2.50. The van der Waals surface area contributed by atoms with Crippen LogP contribution in [-0.4, -0.2) is 28.1 Å². The molecule has 0 radical (unpaired) electrons. The van der Waals surface area contributed by atoms with E-state index in [4.69, 9.17) is 0 Å². The van der Waals surface area contributed by atoms with Crippen LogP contribution in [0.15, 0.2) is 18.2 Å². The van der Waals surface area contributed by atoms with Crippen molar-refractivity contribution in [2.24, 2.45) is 0 Å². The molecule has 1 aliphatic heterocycles. The van der Waals surface area contributed by atoms with Crippen LogP contribution in [0.25, 0.3) is 0 Å². The van der Waals surface area contributed by atoms with Gasteiger partial charge in [-0.15, -0.1) is 0 Å². The molecule has 3 nitrogen and oxygen atoms in total. The molecule has 1 aliphatic rings. The number of carbonyl (C=O) groups excluding carboxylic acids is 1. The van der Waals surface area contributed by atoms with Gasteiger partial charge in [0.15, 0.2) is 0 Å². The van der Waals surface area contributed by atoms with E-state index in [9.17, 15) is 9.90 Å². The van der Waals surface area contributed by atoms with Crippen LogP contribution in [-0.2, 0) is 4.79 Å². The maximum absolute atomic E-state index is 12.1. The van der Waals surface area contributed by atoms with Gasteiger partial charge in [-0.1, -0.05) is 6.07 Å². The third-order valence-electron chi connectivity index (χ3n) is 3.51. The fourth-order valence-corrected chi connectivity index (χ4v) is 3.17. The quantitative estimate of drug-likeness (QED) is 0.864. The standard InChI is InChI=1S/C14H19NO2S/c1-10-3-4-12(9-11(10)2)15-13(16)14(17)5-7-18-8-6-14/h3-4,9,17H,5-8H2,1-2H3,(H,15,16). The molecule has 0 spiro atoms. The van der Waals surface area contributed by atoms with Gasteiger partial charge in [-0.25, -0.2) is 0 Å². The molecule has 2 rings (SSSR count). The lowest BCUT2D eigenvalue weighted by Gasteiger charge is -2.30. The monoisotopic (exact) mass is 265 g/mol. The molecular formula is C14H19NO2S. The van der Waals surface area contributed by atoms with E-state index in [0.29, 0.717) is 12.8 Å². The summed E-state index contributed by atoms with van der Waals surface area (Å²) in [6, 6.07) is 5.79. The highest BCUT2D eigenvalue weighted by molar-refractivity contribution is 7.99. The zero-order valence-electron chi connectivity index (χ0n) is 10.8. The van der Waals surface area contributed by atoms with Gasteiger partial charge in [-0.2, -0.15) is 11.8 Å². The minimum atomic E-state index is -1.19. The largest absolute Gasteiger partial charge is 0.380 e. The number of hydrogen-bond donors (Lipinski definition) is 2. The van der Waals surface area contributed by atoms with Crippen molar-refractivity contribution in [3.63, 3.8) is 0 Å². The van der Waals surface area contributed by atoms with E-state index in [2.05, 4.69) is 5.32 Å². The Morgan fingerprint density at radius 1 is 1.28 bits per heavy atom.